The molecule has 1 aliphatic rings. The van der Waals surface area contributed by atoms with E-state index in [-0.39, 0.29) is 23.7 Å². The maximum Gasteiger partial charge on any atom is 0.342 e. The molecule has 2 aromatic rings. The molecule has 0 spiro atoms. The van der Waals surface area contributed by atoms with Crippen molar-refractivity contribution in [1.82, 2.24) is 4.68 Å². The van der Waals surface area contributed by atoms with Crippen molar-refractivity contribution in [1.29, 1.82) is 0 Å². The first kappa shape index (κ1) is 15.2. The number of aromatic carboxylic acids is 2. The van der Waals surface area contributed by atoms with Gasteiger partial charge in [-0.05, 0) is 17.7 Å². The van der Waals surface area contributed by atoms with Gasteiger partial charge in [0.1, 0.15) is 16.9 Å². The Morgan fingerprint density at radius 2 is 1.71 bits per heavy atom. The van der Waals surface area contributed by atoms with E-state index in [1.165, 1.54) is 18.2 Å². The molecule has 6 N–H and O–H groups in total. The fourth-order valence-electron chi connectivity index (χ4n) is 2.47. The highest BCUT2D eigenvalue weighted by atomic mass is 16.7. The van der Waals surface area contributed by atoms with Gasteiger partial charge in [-0.3, -0.25) is 4.79 Å². The number of benzene rings is 1. The number of pyridine rings is 1. The second kappa shape index (κ2) is 5.19. The lowest BCUT2D eigenvalue weighted by atomic mass is 9.95. The summed E-state index contributed by atoms with van der Waals surface area (Å²) >= 11 is 0. The van der Waals surface area contributed by atoms with Crippen molar-refractivity contribution in [3.8, 4) is 22.6 Å². The third kappa shape index (κ3) is 2.08. The molecule has 0 saturated heterocycles. The molecule has 0 amide bonds. The molecule has 3 rings (SSSR count). The van der Waals surface area contributed by atoms with Crippen LogP contribution < -0.4 is 26.6 Å². The molecule has 1 aromatic carbocycles. The van der Waals surface area contributed by atoms with Crippen molar-refractivity contribution in [3.05, 3.63) is 39.7 Å². The summed E-state index contributed by atoms with van der Waals surface area (Å²) in [5.74, 6) is 2.38. The summed E-state index contributed by atoms with van der Waals surface area (Å²) in [6.07, 6.45) is 0. The molecule has 24 heavy (non-hydrogen) atoms. The summed E-state index contributed by atoms with van der Waals surface area (Å²) in [6, 6.07) is 4.25. The molecule has 0 radical (unpaired) electrons. The van der Waals surface area contributed by atoms with Gasteiger partial charge in [0.05, 0.1) is 0 Å². The number of carboxylic acid groups (broad SMARTS) is 2. The number of hydrogen-bond donors (Lipinski definition) is 4. The lowest BCUT2D eigenvalue weighted by molar-refractivity contribution is 0.0695. The number of rotatable bonds is 3. The number of nitrogens with two attached hydrogens (primary N) is 2. The molecule has 0 saturated carbocycles. The summed E-state index contributed by atoms with van der Waals surface area (Å²) in [6.45, 7) is -0.0249. The third-order valence-corrected chi connectivity index (χ3v) is 3.54. The molecule has 10 heteroatoms. The topological polar surface area (TPSA) is 167 Å². The summed E-state index contributed by atoms with van der Waals surface area (Å²) in [5, 5.41) is 18.8. The van der Waals surface area contributed by atoms with Crippen LogP contribution in [0.15, 0.2) is 23.0 Å². The molecular formula is C14H11N3O7. The Kier molecular flexibility index (Phi) is 3.29. The molecular weight excluding hydrogens is 322 g/mol. The molecule has 0 fully saturated rings. The Bertz CT molecular complexity index is 948. The van der Waals surface area contributed by atoms with Gasteiger partial charge in [0, 0.05) is 5.56 Å². The van der Waals surface area contributed by atoms with Gasteiger partial charge in [-0.25, -0.2) is 14.3 Å². The second-order valence-corrected chi connectivity index (χ2v) is 4.86. The van der Waals surface area contributed by atoms with Gasteiger partial charge in [0.15, 0.2) is 11.5 Å². The highest BCUT2D eigenvalue weighted by Crippen LogP contribution is 2.38. The summed E-state index contributed by atoms with van der Waals surface area (Å²) in [5.41, 5.74) is 2.87. The van der Waals surface area contributed by atoms with Gasteiger partial charge < -0.3 is 31.3 Å². The number of ether oxygens (including phenoxy) is 2. The van der Waals surface area contributed by atoms with Crippen LogP contribution in [0.4, 0.5) is 5.82 Å². The zero-order valence-electron chi connectivity index (χ0n) is 12.0. The number of anilines is 1. The predicted octanol–water partition coefficient (Wildman–Crippen LogP) is -0.0636. The van der Waals surface area contributed by atoms with Gasteiger partial charge in [0.2, 0.25) is 6.79 Å². The average Bonchev–Trinajstić information content (AvgIpc) is 2.98. The zero-order valence-corrected chi connectivity index (χ0v) is 12.0. The first-order chi connectivity index (χ1) is 11.3. The number of fused-ring (bicyclic) bond motifs is 1. The maximum atomic E-state index is 12.2. The molecule has 10 nitrogen and oxygen atoms in total. The van der Waals surface area contributed by atoms with Crippen LogP contribution in [0, 0.1) is 0 Å². The molecule has 1 aromatic heterocycles. The second-order valence-electron chi connectivity index (χ2n) is 4.86. The maximum absolute atomic E-state index is 12.2. The van der Waals surface area contributed by atoms with Crippen LogP contribution >= 0.6 is 0 Å². The number of nitrogens with zero attached hydrogens (tertiary/aromatic N) is 1. The molecule has 2 heterocycles. The smallest absolute Gasteiger partial charge is 0.342 e. The van der Waals surface area contributed by atoms with Gasteiger partial charge in [-0.2, -0.15) is 0 Å². The Labute approximate surface area is 133 Å². The summed E-state index contributed by atoms with van der Waals surface area (Å²) < 4.78 is 10.6. The van der Waals surface area contributed by atoms with Gasteiger partial charge in [-0.15, -0.1) is 0 Å². The van der Waals surface area contributed by atoms with Crippen molar-refractivity contribution in [2.75, 3.05) is 18.4 Å². The van der Waals surface area contributed by atoms with Crippen LogP contribution in [0.3, 0.4) is 0 Å². The van der Waals surface area contributed by atoms with Crippen LogP contribution in [-0.2, 0) is 0 Å². The average molecular weight is 333 g/mol. The van der Waals surface area contributed by atoms with Crippen molar-refractivity contribution >= 4 is 17.8 Å². The largest absolute Gasteiger partial charge is 0.478 e. The highest BCUT2D eigenvalue weighted by molar-refractivity contribution is 6.07. The highest BCUT2D eigenvalue weighted by Gasteiger charge is 2.29. The number of hydrogen-bond acceptors (Lipinski definition) is 7. The Morgan fingerprint density at radius 3 is 2.33 bits per heavy atom. The Morgan fingerprint density at radius 1 is 1.08 bits per heavy atom. The minimum Gasteiger partial charge on any atom is -0.478 e. The Hall–Kier alpha value is -3.69. The minimum absolute atomic E-state index is 0.0249. The molecule has 0 aliphatic carbocycles. The standard InChI is InChI=1S/C14H11N3O7/c15-11-9(13(19)20)8(10(14(21)22)12(18)17(11)16)5-1-2-6-7(3-5)24-4-23-6/h1-3H,4,15-16H2,(H,19,20)(H,21,22). The van der Waals surface area contributed by atoms with Gasteiger partial charge in [-0.1, -0.05) is 6.07 Å². The van der Waals surface area contributed by atoms with Crippen molar-refractivity contribution < 1.29 is 29.3 Å². The first-order valence-electron chi connectivity index (χ1n) is 6.53. The zero-order chi connectivity index (χ0) is 17.6. The van der Waals surface area contributed by atoms with E-state index in [9.17, 15) is 24.6 Å². The molecule has 0 atom stereocenters. The van der Waals surface area contributed by atoms with E-state index in [0.29, 0.717) is 10.4 Å². The van der Waals surface area contributed by atoms with Crippen LogP contribution in [0.1, 0.15) is 20.7 Å². The monoisotopic (exact) mass is 333 g/mol. The molecule has 124 valence electrons. The van der Waals surface area contributed by atoms with Crippen molar-refractivity contribution in [3.63, 3.8) is 0 Å². The quantitative estimate of drug-likeness (QED) is 0.562. The first-order valence-corrected chi connectivity index (χ1v) is 6.53. The van der Waals surface area contributed by atoms with Crippen LogP contribution in [0.2, 0.25) is 0 Å². The van der Waals surface area contributed by atoms with Crippen LogP contribution in [-0.4, -0.2) is 33.6 Å². The number of carboxylic acids is 2. The summed E-state index contributed by atoms with van der Waals surface area (Å²) in [7, 11) is 0. The van der Waals surface area contributed by atoms with Crippen LogP contribution in [0.25, 0.3) is 11.1 Å². The van der Waals surface area contributed by atoms with Crippen molar-refractivity contribution in [2.24, 2.45) is 0 Å². The predicted molar refractivity (Wildman–Crippen MR) is 80.7 cm³/mol. The lowest BCUT2D eigenvalue weighted by Crippen LogP contribution is -2.36. The van der Waals surface area contributed by atoms with Gasteiger partial charge >= 0.3 is 11.9 Å². The SMILES string of the molecule is Nc1c(C(=O)O)c(-c2ccc3c(c2)OCO3)c(C(=O)O)c(=O)n1N. The number of nitrogen functional groups attached to an aromatic ring is 2. The number of aromatic nitrogens is 1. The fraction of sp³-hybridized carbons (Fsp3) is 0.0714. The summed E-state index contributed by atoms with van der Waals surface area (Å²) in [4.78, 5) is 35.3. The minimum atomic E-state index is -1.63. The van der Waals surface area contributed by atoms with Crippen LogP contribution in [0.5, 0.6) is 11.5 Å². The van der Waals surface area contributed by atoms with E-state index in [4.69, 9.17) is 21.1 Å². The third-order valence-electron chi connectivity index (χ3n) is 3.54. The normalized spacial score (nSPS) is 12.2. The van der Waals surface area contributed by atoms with E-state index >= 15 is 0 Å². The lowest BCUT2D eigenvalue weighted by Gasteiger charge is -2.15. The van der Waals surface area contributed by atoms with E-state index in [1.54, 1.807) is 0 Å². The number of carbonyl (C=O) groups is 2. The fourth-order valence-corrected chi connectivity index (χ4v) is 2.47. The van der Waals surface area contributed by atoms with E-state index in [0.717, 1.165) is 0 Å². The van der Waals surface area contributed by atoms with E-state index < -0.39 is 34.4 Å². The molecule has 1 aliphatic heterocycles. The Balaban J connectivity index is 2.43. The molecule has 0 unspecified atom stereocenters. The van der Waals surface area contributed by atoms with Gasteiger partial charge in [0.25, 0.3) is 5.56 Å². The van der Waals surface area contributed by atoms with Crippen molar-refractivity contribution in [2.45, 2.75) is 0 Å². The van der Waals surface area contributed by atoms with E-state index in [1.807, 2.05) is 0 Å². The van der Waals surface area contributed by atoms with E-state index in [2.05, 4.69) is 0 Å². The molecule has 0 bridgehead atoms.